The molecule has 2 nitrogen and oxygen atoms in total. The third kappa shape index (κ3) is 2.16. The molecule has 1 heterocycles. The zero-order chi connectivity index (χ0) is 10.8. The number of halogens is 2. The summed E-state index contributed by atoms with van der Waals surface area (Å²) in [6.45, 7) is 3.65. The average molecular weight is 274 g/mol. The van der Waals surface area contributed by atoms with Crippen LogP contribution in [0.15, 0.2) is 16.6 Å². The molecule has 4 heteroatoms. The summed E-state index contributed by atoms with van der Waals surface area (Å²) in [4.78, 5) is 0. The van der Waals surface area contributed by atoms with Gasteiger partial charge in [0.2, 0.25) is 0 Å². The Morgan fingerprint density at radius 3 is 3.13 bits per heavy atom. The highest BCUT2D eigenvalue weighted by atomic mass is 79.9. The largest absolute Gasteiger partial charge is 0.491 e. The standard InChI is InChI=1S/C11H13BrFNO/c1-2-3-14-10-6-15-11-5-9(13)8(12)4-7(10)11/h4-5,10,14H,2-3,6H2,1H3. The highest BCUT2D eigenvalue weighted by Gasteiger charge is 2.24. The molecule has 0 saturated carbocycles. The molecule has 1 aromatic rings. The fraction of sp³-hybridized carbons (Fsp3) is 0.455. The molecule has 0 aromatic heterocycles. The van der Waals surface area contributed by atoms with Crippen molar-refractivity contribution in [1.82, 2.24) is 5.32 Å². The van der Waals surface area contributed by atoms with E-state index < -0.39 is 0 Å². The molecule has 1 atom stereocenters. The van der Waals surface area contributed by atoms with Gasteiger partial charge in [0.15, 0.2) is 0 Å². The van der Waals surface area contributed by atoms with Crippen molar-refractivity contribution < 1.29 is 9.13 Å². The minimum atomic E-state index is -0.273. The van der Waals surface area contributed by atoms with Gasteiger partial charge >= 0.3 is 0 Å². The number of benzene rings is 1. The normalized spacial score (nSPS) is 18.7. The van der Waals surface area contributed by atoms with Crippen molar-refractivity contribution in [1.29, 1.82) is 0 Å². The summed E-state index contributed by atoms with van der Waals surface area (Å²) >= 11 is 3.19. The van der Waals surface area contributed by atoms with Crippen molar-refractivity contribution in [2.45, 2.75) is 19.4 Å². The van der Waals surface area contributed by atoms with Crippen molar-refractivity contribution in [2.24, 2.45) is 0 Å². The van der Waals surface area contributed by atoms with Gasteiger partial charge in [-0.15, -0.1) is 0 Å². The molecule has 1 aliphatic rings. The number of hydrogen-bond donors (Lipinski definition) is 1. The Balaban J connectivity index is 2.22. The van der Waals surface area contributed by atoms with E-state index in [1.807, 2.05) is 0 Å². The van der Waals surface area contributed by atoms with Gasteiger partial charge in [0, 0.05) is 11.6 Å². The molecule has 1 N–H and O–H groups in total. The summed E-state index contributed by atoms with van der Waals surface area (Å²) in [5.74, 6) is 0.384. The molecule has 0 amide bonds. The van der Waals surface area contributed by atoms with Gasteiger partial charge in [-0.1, -0.05) is 6.92 Å². The molecule has 1 aromatic carbocycles. The minimum Gasteiger partial charge on any atom is -0.491 e. The van der Waals surface area contributed by atoms with Crippen molar-refractivity contribution in [3.05, 3.63) is 28.0 Å². The highest BCUT2D eigenvalue weighted by Crippen LogP contribution is 2.35. The van der Waals surface area contributed by atoms with Gasteiger partial charge in [-0.3, -0.25) is 0 Å². The van der Waals surface area contributed by atoms with E-state index in [1.54, 1.807) is 6.07 Å². The second kappa shape index (κ2) is 4.49. The van der Waals surface area contributed by atoms with E-state index in [2.05, 4.69) is 28.2 Å². The SMILES string of the molecule is CCCNC1COc2cc(F)c(Br)cc21. The maximum atomic E-state index is 13.2. The zero-order valence-electron chi connectivity index (χ0n) is 8.52. The maximum absolute atomic E-state index is 13.2. The van der Waals surface area contributed by atoms with Crippen molar-refractivity contribution in [3.8, 4) is 5.75 Å². The van der Waals surface area contributed by atoms with Crippen LogP contribution in [-0.4, -0.2) is 13.2 Å². The smallest absolute Gasteiger partial charge is 0.141 e. The number of nitrogens with one attached hydrogen (secondary N) is 1. The molecule has 15 heavy (non-hydrogen) atoms. The van der Waals surface area contributed by atoms with E-state index in [9.17, 15) is 4.39 Å². The molecule has 0 bridgehead atoms. The third-order valence-corrected chi connectivity index (χ3v) is 3.08. The Morgan fingerprint density at radius 1 is 1.60 bits per heavy atom. The predicted octanol–water partition coefficient (Wildman–Crippen LogP) is 3.02. The monoisotopic (exact) mass is 273 g/mol. The van der Waals surface area contributed by atoms with Crippen LogP contribution in [0.25, 0.3) is 0 Å². The Labute approximate surface area is 96.9 Å². The third-order valence-electron chi connectivity index (χ3n) is 2.47. The molecule has 0 saturated heterocycles. The average Bonchev–Trinajstić information content (AvgIpc) is 2.59. The quantitative estimate of drug-likeness (QED) is 0.914. The summed E-state index contributed by atoms with van der Waals surface area (Å²) in [6.07, 6.45) is 1.08. The van der Waals surface area contributed by atoms with Crippen LogP contribution in [0.4, 0.5) is 4.39 Å². The molecular weight excluding hydrogens is 261 g/mol. The van der Waals surface area contributed by atoms with E-state index in [0.717, 1.165) is 18.5 Å². The summed E-state index contributed by atoms with van der Waals surface area (Å²) in [5, 5.41) is 3.37. The van der Waals surface area contributed by atoms with E-state index in [-0.39, 0.29) is 11.9 Å². The molecule has 1 unspecified atom stereocenters. The topological polar surface area (TPSA) is 21.3 Å². The summed E-state index contributed by atoms with van der Waals surface area (Å²) in [5.41, 5.74) is 1.04. The molecule has 0 aliphatic carbocycles. The molecular formula is C11H13BrFNO. The first kappa shape index (κ1) is 10.9. The predicted molar refractivity (Wildman–Crippen MR) is 60.6 cm³/mol. The van der Waals surface area contributed by atoms with Gasteiger partial charge in [-0.25, -0.2) is 4.39 Å². The second-order valence-electron chi connectivity index (χ2n) is 3.62. The minimum absolute atomic E-state index is 0.192. The summed E-state index contributed by atoms with van der Waals surface area (Å²) in [6, 6.07) is 3.43. The van der Waals surface area contributed by atoms with Crippen LogP contribution in [0, 0.1) is 5.82 Å². The van der Waals surface area contributed by atoms with Crippen LogP contribution in [0.1, 0.15) is 24.9 Å². The van der Waals surface area contributed by atoms with Crippen LogP contribution < -0.4 is 10.1 Å². The van der Waals surface area contributed by atoms with Crippen LogP contribution in [0.5, 0.6) is 5.75 Å². The fourth-order valence-electron chi connectivity index (χ4n) is 1.69. The zero-order valence-corrected chi connectivity index (χ0v) is 10.1. The Morgan fingerprint density at radius 2 is 2.40 bits per heavy atom. The Bertz CT molecular complexity index is 370. The summed E-state index contributed by atoms with van der Waals surface area (Å²) < 4.78 is 19.1. The van der Waals surface area contributed by atoms with Gasteiger partial charge in [-0.05, 0) is 35.0 Å². The van der Waals surface area contributed by atoms with Gasteiger partial charge in [-0.2, -0.15) is 0 Å². The Hall–Kier alpha value is -0.610. The first-order valence-electron chi connectivity index (χ1n) is 5.07. The van der Waals surface area contributed by atoms with E-state index in [1.165, 1.54) is 6.07 Å². The van der Waals surface area contributed by atoms with E-state index in [4.69, 9.17) is 4.74 Å². The number of ether oxygens (including phenoxy) is 1. The molecule has 0 spiro atoms. The molecule has 2 rings (SSSR count). The lowest BCUT2D eigenvalue weighted by atomic mass is 10.1. The number of rotatable bonds is 3. The number of hydrogen-bond acceptors (Lipinski definition) is 2. The Kier molecular flexibility index (Phi) is 3.26. The van der Waals surface area contributed by atoms with Crippen molar-refractivity contribution in [3.63, 3.8) is 0 Å². The van der Waals surface area contributed by atoms with Gasteiger partial charge in [0.05, 0.1) is 10.5 Å². The molecule has 1 aliphatic heterocycles. The lowest BCUT2D eigenvalue weighted by Gasteiger charge is -2.10. The van der Waals surface area contributed by atoms with E-state index >= 15 is 0 Å². The second-order valence-corrected chi connectivity index (χ2v) is 4.48. The molecule has 82 valence electrons. The van der Waals surface area contributed by atoms with E-state index in [0.29, 0.717) is 16.8 Å². The van der Waals surface area contributed by atoms with Gasteiger partial charge in [0.1, 0.15) is 18.2 Å². The highest BCUT2D eigenvalue weighted by molar-refractivity contribution is 9.10. The first-order chi connectivity index (χ1) is 7.22. The number of fused-ring (bicyclic) bond motifs is 1. The van der Waals surface area contributed by atoms with Crippen LogP contribution in [0.3, 0.4) is 0 Å². The molecule has 0 fully saturated rings. The maximum Gasteiger partial charge on any atom is 0.141 e. The van der Waals surface area contributed by atoms with Crippen LogP contribution in [0.2, 0.25) is 0 Å². The van der Waals surface area contributed by atoms with Crippen LogP contribution in [-0.2, 0) is 0 Å². The molecule has 0 radical (unpaired) electrons. The summed E-state index contributed by atoms with van der Waals surface area (Å²) in [7, 11) is 0. The van der Waals surface area contributed by atoms with Crippen molar-refractivity contribution in [2.75, 3.05) is 13.2 Å². The van der Waals surface area contributed by atoms with Crippen LogP contribution >= 0.6 is 15.9 Å². The van der Waals surface area contributed by atoms with Gasteiger partial charge in [0.25, 0.3) is 0 Å². The van der Waals surface area contributed by atoms with Crippen molar-refractivity contribution >= 4 is 15.9 Å². The lowest BCUT2D eigenvalue weighted by molar-refractivity contribution is 0.311. The lowest BCUT2D eigenvalue weighted by Crippen LogP contribution is -2.23. The first-order valence-corrected chi connectivity index (χ1v) is 5.86. The van der Waals surface area contributed by atoms with Gasteiger partial charge < -0.3 is 10.1 Å². The fourth-order valence-corrected chi connectivity index (χ4v) is 2.05.